The van der Waals surface area contributed by atoms with Gasteiger partial charge in [-0.3, -0.25) is 0 Å². The molecule has 0 radical (unpaired) electrons. The van der Waals surface area contributed by atoms with E-state index in [1.165, 1.54) is 10.7 Å². The number of hydrogen-bond donors (Lipinski definition) is 0. The smallest absolute Gasteiger partial charge is 0.239 e. The Morgan fingerprint density at radius 1 is 1.22 bits per heavy atom. The molecule has 96 valence electrons. The van der Waals surface area contributed by atoms with Gasteiger partial charge in [0.15, 0.2) is 0 Å². The number of alkyl halides is 4. The van der Waals surface area contributed by atoms with Gasteiger partial charge < -0.3 is 0 Å². The van der Waals surface area contributed by atoms with Crippen molar-refractivity contribution in [3.05, 3.63) is 46.7 Å². The average molecular weight is 295 g/mol. The first-order valence-electron chi connectivity index (χ1n) is 4.89. The van der Waals surface area contributed by atoms with E-state index in [9.17, 15) is 13.2 Å². The summed E-state index contributed by atoms with van der Waals surface area (Å²) in [7, 11) is 0. The van der Waals surface area contributed by atoms with E-state index in [0.717, 1.165) is 12.1 Å². The third-order valence-corrected chi connectivity index (χ3v) is 2.88. The van der Waals surface area contributed by atoms with E-state index in [-0.39, 0.29) is 10.9 Å². The minimum atomic E-state index is -4.41. The molecule has 0 fully saturated rings. The van der Waals surface area contributed by atoms with Crippen molar-refractivity contribution in [1.29, 1.82) is 0 Å². The number of nitrogens with zero attached hydrogens (tertiary/aromatic N) is 2. The molecule has 1 aromatic heterocycles. The summed E-state index contributed by atoms with van der Waals surface area (Å²) in [4.78, 5) is 0. The Balaban J connectivity index is 2.41. The highest BCUT2D eigenvalue weighted by molar-refractivity contribution is 6.32. The molecule has 7 heteroatoms. The fraction of sp³-hybridized carbons (Fsp3) is 0.182. The molecule has 1 heterocycles. The van der Waals surface area contributed by atoms with Crippen LogP contribution in [0.15, 0.2) is 30.5 Å². The first-order chi connectivity index (χ1) is 8.41. The molecular weight excluding hydrogens is 288 g/mol. The maximum atomic E-state index is 12.5. The van der Waals surface area contributed by atoms with E-state index < -0.39 is 11.7 Å². The molecule has 0 bridgehead atoms. The third kappa shape index (κ3) is 2.62. The zero-order valence-corrected chi connectivity index (χ0v) is 10.4. The van der Waals surface area contributed by atoms with Gasteiger partial charge >= 0.3 is 6.18 Å². The molecule has 18 heavy (non-hydrogen) atoms. The van der Waals surface area contributed by atoms with Gasteiger partial charge in [-0.2, -0.15) is 18.3 Å². The van der Waals surface area contributed by atoms with E-state index in [2.05, 4.69) is 5.10 Å². The van der Waals surface area contributed by atoms with E-state index in [4.69, 9.17) is 23.2 Å². The van der Waals surface area contributed by atoms with Gasteiger partial charge in [0.2, 0.25) is 0 Å². The van der Waals surface area contributed by atoms with E-state index in [0.29, 0.717) is 11.4 Å². The molecule has 0 saturated heterocycles. The minimum Gasteiger partial charge on any atom is -0.239 e. The molecular formula is C11H7Cl2F3N2. The highest BCUT2D eigenvalue weighted by Crippen LogP contribution is 2.33. The normalized spacial score (nSPS) is 11.8. The maximum Gasteiger partial charge on any atom is 0.416 e. The molecule has 2 nitrogen and oxygen atoms in total. The molecule has 0 N–H and O–H groups in total. The van der Waals surface area contributed by atoms with Gasteiger partial charge in [-0.15, -0.1) is 11.6 Å². The Kier molecular flexibility index (Phi) is 3.54. The fourth-order valence-electron chi connectivity index (χ4n) is 1.44. The Morgan fingerprint density at radius 3 is 2.44 bits per heavy atom. The van der Waals surface area contributed by atoms with Crippen LogP contribution in [0, 0.1) is 0 Å². The predicted octanol–water partition coefficient (Wildman–Crippen LogP) is 4.28. The van der Waals surface area contributed by atoms with Gasteiger partial charge in [-0.05, 0) is 24.3 Å². The lowest BCUT2D eigenvalue weighted by atomic mass is 10.2. The number of halogens is 5. The van der Waals surface area contributed by atoms with Gasteiger partial charge in [0.1, 0.15) is 0 Å². The Labute approximate surface area is 111 Å². The molecule has 0 saturated carbocycles. The van der Waals surface area contributed by atoms with Crippen molar-refractivity contribution in [2.75, 3.05) is 0 Å². The summed E-state index contributed by atoms with van der Waals surface area (Å²) in [6.07, 6.45) is -2.82. The van der Waals surface area contributed by atoms with Crippen LogP contribution in [-0.2, 0) is 12.1 Å². The average Bonchev–Trinajstić information content (AvgIpc) is 2.76. The third-order valence-electron chi connectivity index (χ3n) is 2.30. The van der Waals surface area contributed by atoms with Crippen molar-refractivity contribution in [3.63, 3.8) is 0 Å². The monoisotopic (exact) mass is 294 g/mol. The molecule has 0 aliphatic rings. The predicted molar refractivity (Wildman–Crippen MR) is 63.1 cm³/mol. The summed E-state index contributed by atoms with van der Waals surface area (Å²) in [5, 5.41) is 4.05. The molecule has 0 spiro atoms. The van der Waals surface area contributed by atoms with Crippen LogP contribution in [0.25, 0.3) is 5.69 Å². The summed E-state index contributed by atoms with van der Waals surface area (Å²) >= 11 is 11.4. The molecule has 0 atom stereocenters. The van der Waals surface area contributed by atoms with Crippen LogP contribution in [0.1, 0.15) is 11.3 Å². The fourth-order valence-corrected chi connectivity index (χ4v) is 1.85. The second kappa shape index (κ2) is 4.82. The number of hydrogen-bond acceptors (Lipinski definition) is 1. The topological polar surface area (TPSA) is 17.8 Å². The van der Waals surface area contributed by atoms with Gasteiger partial charge in [-0.1, -0.05) is 11.6 Å². The highest BCUT2D eigenvalue weighted by atomic mass is 35.5. The lowest BCUT2D eigenvalue weighted by Gasteiger charge is -2.09. The first kappa shape index (κ1) is 13.2. The van der Waals surface area contributed by atoms with E-state index in [1.54, 1.807) is 12.3 Å². The molecule has 0 unspecified atom stereocenters. The second-order valence-electron chi connectivity index (χ2n) is 3.55. The standard InChI is InChI=1S/C11H7Cl2F3N2/c12-6-8-3-4-18(17-8)10-2-1-7(5-9(10)13)11(14,15)16/h1-5H,6H2. The zero-order chi connectivity index (χ0) is 13.3. The first-order valence-corrected chi connectivity index (χ1v) is 5.80. The molecule has 0 aliphatic carbocycles. The van der Waals surface area contributed by atoms with Crippen LogP contribution in [0.2, 0.25) is 5.02 Å². The zero-order valence-electron chi connectivity index (χ0n) is 8.88. The highest BCUT2D eigenvalue weighted by Gasteiger charge is 2.31. The Bertz CT molecular complexity index is 564. The van der Waals surface area contributed by atoms with Gasteiger partial charge in [0.25, 0.3) is 0 Å². The van der Waals surface area contributed by atoms with Gasteiger partial charge in [0.05, 0.1) is 27.8 Å². The van der Waals surface area contributed by atoms with Gasteiger partial charge in [-0.25, -0.2) is 4.68 Å². The largest absolute Gasteiger partial charge is 0.416 e. The molecule has 0 aliphatic heterocycles. The number of aromatic nitrogens is 2. The van der Waals surface area contributed by atoms with Crippen LogP contribution in [0.5, 0.6) is 0 Å². The number of rotatable bonds is 2. The Morgan fingerprint density at radius 2 is 1.94 bits per heavy atom. The van der Waals surface area contributed by atoms with Crippen molar-refractivity contribution in [1.82, 2.24) is 9.78 Å². The van der Waals surface area contributed by atoms with Crippen LogP contribution < -0.4 is 0 Å². The van der Waals surface area contributed by atoms with Crippen molar-refractivity contribution in [2.24, 2.45) is 0 Å². The quantitative estimate of drug-likeness (QED) is 0.756. The Hall–Kier alpha value is -1.20. The van der Waals surface area contributed by atoms with Crippen LogP contribution in [-0.4, -0.2) is 9.78 Å². The van der Waals surface area contributed by atoms with Crippen molar-refractivity contribution in [3.8, 4) is 5.69 Å². The maximum absolute atomic E-state index is 12.5. The SMILES string of the molecule is FC(F)(F)c1ccc(-n2ccc(CCl)n2)c(Cl)c1. The second-order valence-corrected chi connectivity index (χ2v) is 4.22. The number of benzene rings is 1. The molecule has 1 aromatic carbocycles. The summed E-state index contributed by atoms with van der Waals surface area (Å²) in [5.41, 5.74) is 0.203. The minimum absolute atomic E-state index is 0.0194. The van der Waals surface area contributed by atoms with Crippen molar-refractivity contribution < 1.29 is 13.2 Å². The van der Waals surface area contributed by atoms with Crippen molar-refractivity contribution in [2.45, 2.75) is 12.1 Å². The van der Waals surface area contributed by atoms with E-state index in [1.807, 2.05) is 0 Å². The molecule has 2 rings (SSSR count). The summed E-state index contributed by atoms with van der Waals surface area (Å²) in [5.74, 6) is 0.227. The molecule has 0 amide bonds. The van der Waals surface area contributed by atoms with Crippen LogP contribution >= 0.6 is 23.2 Å². The van der Waals surface area contributed by atoms with Crippen LogP contribution in [0.3, 0.4) is 0 Å². The summed E-state index contributed by atoms with van der Waals surface area (Å²) in [6, 6.07) is 4.78. The van der Waals surface area contributed by atoms with Crippen molar-refractivity contribution >= 4 is 23.2 Å². The summed E-state index contributed by atoms with van der Waals surface area (Å²) < 4.78 is 38.8. The molecule has 2 aromatic rings. The summed E-state index contributed by atoms with van der Waals surface area (Å²) in [6.45, 7) is 0. The van der Waals surface area contributed by atoms with E-state index >= 15 is 0 Å². The van der Waals surface area contributed by atoms with Gasteiger partial charge in [0, 0.05) is 6.20 Å². The lowest BCUT2D eigenvalue weighted by molar-refractivity contribution is -0.137. The lowest BCUT2D eigenvalue weighted by Crippen LogP contribution is -2.06. The van der Waals surface area contributed by atoms with Crippen LogP contribution in [0.4, 0.5) is 13.2 Å².